The van der Waals surface area contributed by atoms with Gasteiger partial charge >= 0.3 is 0 Å². The maximum absolute atomic E-state index is 5.89. The van der Waals surface area contributed by atoms with Crippen LogP contribution in [0.3, 0.4) is 0 Å². The predicted octanol–water partition coefficient (Wildman–Crippen LogP) is 2.29. The fraction of sp³-hybridized carbons (Fsp3) is 0.111. The number of halogens is 1. The van der Waals surface area contributed by atoms with E-state index in [-0.39, 0.29) is 0 Å². The van der Waals surface area contributed by atoms with Gasteiger partial charge in [0.1, 0.15) is 5.75 Å². The summed E-state index contributed by atoms with van der Waals surface area (Å²) in [6.07, 6.45) is 1.66. The van der Waals surface area contributed by atoms with E-state index in [1.165, 1.54) is 0 Å². The van der Waals surface area contributed by atoms with E-state index in [2.05, 4.69) is 10.2 Å². The molecule has 4 heteroatoms. The van der Waals surface area contributed by atoms with E-state index in [1.54, 1.807) is 13.3 Å². The van der Waals surface area contributed by atoms with E-state index < -0.39 is 0 Å². The summed E-state index contributed by atoms with van der Waals surface area (Å²) in [6, 6.07) is 5.65. The Morgan fingerprint density at radius 3 is 3.00 bits per heavy atom. The van der Waals surface area contributed by atoms with Crippen LogP contribution in [-0.2, 0) is 0 Å². The van der Waals surface area contributed by atoms with Crippen molar-refractivity contribution in [2.45, 2.75) is 0 Å². The fourth-order valence-corrected chi connectivity index (χ4v) is 1.48. The van der Waals surface area contributed by atoms with Crippen molar-refractivity contribution in [2.75, 3.05) is 7.11 Å². The predicted molar refractivity (Wildman–Crippen MR) is 51.1 cm³/mol. The van der Waals surface area contributed by atoms with E-state index >= 15 is 0 Å². The third kappa shape index (κ3) is 1.31. The van der Waals surface area contributed by atoms with E-state index in [4.69, 9.17) is 16.3 Å². The lowest BCUT2D eigenvalue weighted by Gasteiger charge is -2.04. The molecule has 0 fully saturated rings. The minimum Gasteiger partial charge on any atom is -0.496 e. The van der Waals surface area contributed by atoms with Crippen LogP contribution in [0, 0.1) is 0 Å². The molecule has 2 aromatic rings. The maximum atomic E-state index is 5.89. The smallest absolute Gasteiger partial charge is 0.163 e. The van der Waals surface area contributed by atoms with Crippen LogP contribution in [0.2, 0.25) is 5.15 Å². The minimum absolute atomic E-state index is 0.370. The quantitative estimate of drug-likeness (QED) is 0.699. The van der Waals surface area contributed by atoms with Gasteiger partial charge in [0.25, 0.3) is 0 Å². The number of aromatic nitrogens is 2. The van der Waals surface area contributed by atoms with E-state index in [0.717, 1.165) is 16.5 Å². The van der Waals surface area contributed by atoms with Crippen molar-refractivity contribution in [2.24, 2.45) is 0 Å². The fourth-order valence-electron chi connectivity index (χ4n) is 1.24. The number of hydrogen-bond donors (Lipinski definition) is 0. The average molecular weight is 195 g/mol. The van der Waals surface area contributed by atoms with Crippen LogP contribution in [0.25, 0.3) is 10.8 Å². The molecule has 66 valence electrons. The van der Waals surface area contributed by atoms with Crippen molar-refractivity contribution >= 4 is 22.4 Å². The highest BCUT2D eigenvalue weighted by molar-refractivity contribution is 6.34. The summed E-state index contributed by atoms with van der Waals surface area (Å²) < 4.78 is 5.16. The standard InChI is InChI=1S/C9H7ClN2O/c1-13-7-4-2-3-6-5-11-12-9(10)8(6)7/h2-5H,1H3. The Balaban J connectivity index is 2.87. The molecule has 0 aliphatic rings. The molecular formula is C9H7ClN2O. The highest BCUT2D eigenvalue weighted by atomic mass is 35.5. The second-order valence-electron chi connectivity index (χ2n) is 2.56. The third-order valence-electron chi connectivity index (χ3n) is 1.83. The molecule has 0 saturated heterocycles. The van der Waals surface area contributed by atoms with Crippen molar-refractivity contribution in [1.82, 2.24) is 10.2 Å². The van der Waals surface area contributed by atoms with Crippen LogP contribution in [0.1, 0.15) is 0 Å². The van der Waals surface area contributed by atoms with Gasteiger partial charge in [0.2, 0.25) is 0 Å². The SMILES string of the molecule is COc1cccc2cnnc(Cl)c12. The summed E-state index contributed by atoms with van der Waals surface area (Å²) in [7, 11) is 1.60. The molecule has 0 atom stereocenters. The molecule has 0 radical (unpaired) electrons. The first-order valence-corrected chi connectivity index (χ1v) is 4.14. The maximum Gasteiger partial charge on any atom is 0.163 e. The number of nitrogens with zero attached hydrogens (tertiary/aromatic N) is 2. The van der Waals surface area contributed by atoms with Gasteiger partial charge in [-0.25, -0.2) is 0 Å². The van der Waals surface area contributed by atoms with Gasteiger partial charge in [-0.2, -0.15) is 5.10 Å². The first kappa shape index (κ1) is 8.26. The van der Waals surface area contributed by atoms with E-state index in [1.807, 2.05) is 18.2 Å². The Hall–Kier alpha value is -1.35. The Bertz CT molecular complexity index is 439. The Morgan fingerprint density at radius 1 is 1.38 bits per heavy atom. The molecule has 3 nitrogen and oxygen atoms in total. The molecule has 0 amide bonds. The molecule has 0 aliphatic carbocycles. The molecular weight excluding hydrogens is 188 g/mol. The van der Waals surface area contributed by atoms with Gasteiger partial charge < -0.3 is 4.74 Å². The lowest BCUT2D eigenvalue weighted by Crippen LogP contribution is -1.88. The Kier molecular flexibility index (Phi) is 2.02. The van der Waals surface area contributed by atoms with Crippen molar-refractivity contribution in [3.8, 4) is 5.75 Å². The Labute approximate surface area is 80.3 Å². The molecule has 0 unspecified atom stereocenters. The average Bonchev–Trinajstić information content (AvgIpc) is 2.17. The summed E-state index contributed by atoms with van der Waals surface area (Å²) in [5.74, 6) is 0.720. The largest absolute Gasteiger partial charge is 0.496 e. The molecule has 1 aromatic carbocycles. The molecule has 0 N–H and O–H groups in total. The lowest BCUT2D eigenvalue weighted by atomic mass is 10.2. The van der Waals surface area contributed by atoms with Gasteiger partial charge in [-0.3, -0.25) is 0 Å². The van der Waals surface area contributed by atoms with Crippen LogP contribution in [-0.4, -0.2) is 17.3 Å². The van der Waals surface area contributed by atoms with Crippen LogP contribution < -0.4 is 4.74 Å². The molecule has 0 spiro atoms. The van der Waals surface area contributed by atoms with Gasteiger partial charge in [0, 0.05) is 5.39 Å². The zero-order valence-corrected chi connectivity index (χ0v) is 7.75. The zero-order chi connectivity index (χ0) is 9.26. The van der Waals surface area contributed by atoms with Gasteiger partial charge in [0.15, 0.2) is 5.15 Å². The number of hydrogen-bond acceptors (Lipinski definition) is 3. The molecule has 1 heterocycles. The van der Waals surface area contributed by atoms with E-state index in [9.17, 15) is 0 Å². The number of rotatable bonds is 1. The van der Waals surface area contributed by atoms with Gasteiger partial charge in [-0.05, 0) is 6.07 Å². The molecule has 13 heavy (non-hydrogen) atoms. The number of ether oxygens (including phenoxy) is 1. The molecule has 0 bridgehead atoms. The summed E-state index contributed by atoms with van der Waals surface area (Å²) >= 11 is 5.89. The van der Waals surface area contributed by atoms with Gasteiger partial charge in [-0.1, -0.05) is 23.7 Å². The molecule has 0 aliphatic heterocycles. The highest BCUT2D eigenvalue weighted by Crippen LogP contribution is 2.29. The van der Waals surface area contributed by atoms with Crippen LogP contribution in [0.5, 0.6) is 5.75 Å². The number of methoxy groups -OCH3 is 1. The van der Waals surface area contributed by atoms with Crippen LogP contribution >= 0.6 is 11.6 Å². The van der Waals surface area contributed by atoms with Crippen LogP contribution in [0.4, 0.5) is 0 Å². The van der Waals surface area contributed by atoms with Crippen molar-refractivity contribution < 1.29 is 4.74 Å². The summed E-state index contributed by atoms with van der Waals surface area (Å²) in [6.45, 7) is 0. The van der Waals surface area contributed by atoms with Crippen molar-refractivity contribution in [3.63, 3.8) is 0 Å². The van der Waals surface area contributed by atoms with Gasteiger partial charge in [-0.15, -0.1) is 5.10 Å². The molecule has 2 rings (SSSR count). The zero-order valence-electron chi connectivity index (χ0n) is 6.99. The Morgan fingerprint density at radius 2 is 2.23 bits per heavy atom. The topological polar surface area (TPSA) is 35.0 Å². The summed E-state index contributed by atoms with van der Waals surface area (Å²) in [5, 5.41) is 9.61. The van der Waals surface area contributed by atoms with Crippen molar-refractivity contribution in [3.05, 3.63) is 29.5 Å². The number of benzene rings is 1. The number of fused-ring (bicyclic) bond motifs is 1. The van der Waals surface area contributed by atoms with Crippen LogP contribution in [0.15, 0.2) is 24.4 Å². The third-order valence-corrected chi connectivity index (χ3v) is 2.09. The summed E-state index contributed by atoms with van der Waals surface area (Å²) in [5.41, 5.74) is 0. The summed E-state index contributed by atoms with van der Waals surface area (Å²) in [4.78, 5) is 0. The first-order chi connectivity index (χ1) is 6.33. The van der Waals surface area contributed by atoms with E-state index in [0.29, 0.717) is 5.15 Å². The monoisotopic (exact) mass is 194 g/mol. The lowest BCUT2D eigenvalue weighted by molar-refractivity contribution is 0.419. The minimum atomic E-state index is 0.370. The van der Waals surface area contributed by atoms with Crippen molar-refractivity contribution in [1.29, 1.82) is 0 Å². The first-order valence-electron chi connectivity index (χ1n) is 3.77. The molecule has 1 aromatic heterocycles. The second kappa shape index (κ2) is 3.18. The highest BCUT2D eigenvalue weighted by Gasteiger charge is 2.05. The van der Waals surface area contributed by atoms with Gasteiger partial charge in [0.05, 0.1) is 18.7 Å². The second-order valence-corrected chi connectivity index (χ2v) is 2.92. The normalized spacial score (nSPS) is 10.3. The molecule has 0 saturated carbocycles.